The number of carbonyl (C=O) groups excluding carboxylic acids is 1. The number of carboxylic acid groups (broad SMARTS) is 2. The molecule has 0 radical (unpaired) electrons. The highest BCUT2D eigenvalue weighted by Crippen LogP contribution is 2.43. The van der Waals surface area contributed by atoms with Gasteiger partial charge in [0.25, 0.3) is 0 Å². The van der Waals surface area contributed by atoms with Gasteiger partial charge in [-0.3, -0.25) is 9.80 Å². The van der Waals surface area contributed by atoms with Crippen molar-refractivity contribution in [1.82, 2.24) is 14.7 Å². The van der Waals surface area contributed by atoms with Crippen molar-refractivity contribution in [2.24, 2.45) is 0 Å². The molecule has 1 amide bonds. The number of hydrogen-bond acceptors (Lipinski definition) is 7. The van der Waals surface area contributed by atoms with Gasteiger partial charge in [0.05, 0.1) is 6.54 Å². The van der Waals surface area contributed by atoms with Crippen LogP contribution in [0.4, 0.5) is 9.18 Å². The van der Waals surface area contributed by atoms with E-state index < -0.39 is 11.9 Å². The summed E-state index contributed by atoms with van der Waals surface area (Å²) in [7, 11) is 0. The van der Waals surface area contributed by atoms with Crippen LogP contribution in [-0.4, -0.2) is 95.4 Å². The van der Waals surface area contributed by atoms with Gasteiger partial charge in [-0.15, -0.1) is 0 Å². The summed E-state index contributed by atoms with van der Waals surface area (Å²) in [6.45, 7) is 6.42. The molecule has 3 aliphatic rings. The van der Waals surface area contributed by atoms with Crippen LogP contribution in [0.15, 0.2) is 58.3 Å². The van der Waals surface area contributed by atoms with Gasteiger partial charge in [0.2, 0.25) is 0 Å². The van der Waals surface area contributed by atoms with E-state index in [1.807, 2.05) is 18.2 Å². The molecule has 0 aliphatic carbocycles. The van der Waals surface area contributed by atoms with Crippen LogP contribution in [0, 0.1) is 5.82 Å². The van der Waals surface area contributed by atoms with Crippen molar-refractivity contribution >= 4 is 41.4 Å². The number of carboxylic acids is 2. The molecule has 208 valence electrons. The number of halogens is 2. The van der Waals surface area contributed by atoms with Crippen LogP contribution in [0.2, 0.25) is 5.02 Å². The van der Waals surface area contributed by atoms with E-state index >= 15 is 0 Å². The Morgan fingerprint density at radius 1 is 1.00 bits per heavy atom. The van der Waals surface area contributed by atoms with Crippen molar-refractivity contribution in [1.29, 1.82) is 0 Å². The molecule has 12 heteroatoms. The van der Waals surface area contributed by atoms with Gasteiger partial charge in [-0.1, -0.05) is 23.4 Å². The molecule has 3 heterocycles. The fourth-order valence-corrected chi connectivity index (χ4v) is 6.06. The third kappa shape index (κ3) is 7.95. The van der Waals surface area contributed by atoms with Gasteiger partial charge < -0.3 is 19.8 Å². The summed E-state index contributed by atoms with van der Waals surface area (Å²) in [6.07, 6.45) is 1.73. The van der Waals surface area contributed by atoms with Crippen LogP contribution in [-0.2, 0) is 20.7 Å². The number of hydrogen-bond donors (Lipinski definition) is 2. The SMILES string of the molecule is O=C(O)/C=C\C(=O)O.O=C1OCCN1CCN1CCN(C2Cc3cc(Cl)ccc3Sc3ccc(F)cc32)CC1. The van der Waals surface area contributed by atoms with Crippen LogP contribution in [0.1, 0.15) is 17.2 Å². The van der Waals surface area contributed by atoms with Gasteiger partial charge in [0, 0.05) is 72.3 Å². The Kier molecular flexibility index (Phi) is 9.84. The first kappa shape index (κ1) is 28.9. The zero-order valence-corrected chi connectivity index (χ0v) is 22.7. The maximum atomic E-state index is 14.2. The van der Waals surface area contributed by atoms with Gasteiger partial charge >= 0.3 is 18.0 Å². The van der Waals surface area contributed by atoms with E-state index in [1.165, 1.54) is 10.5 Å². The largest absolute Gasteiger partial charge is 0.478 e. The quantitative estimate of drug-likeness (QED) is 0.492. The second kappa shape index (κ2) is 13.3. The molecule has 2 aromatic rings. The molecule has 5 rings (SSSR count). The fourth-order valence-electron chi connectivity index (χ4n) is 4.77. The minimum Gasteiger partial charge on any atom is -0.478 e. The third-order valence-corrected chi connectivity index (χ3v) is 8.18. The Morgan fingerprint density at radius 2 is 1.69 bits per heavy atom. The maximum Gasteiger partial charge on any atom is 0.409 e. The van der Waals surface area contributed by atoms with Crippen LogP contribution in [0.5, 0.6) is 0 Å². The normalized spacial score (nSPS) is 19.5. The summed E-state index contributed by atoms with van der Waals surface area (Å²) >= 11 is 7.99. The average Bonchev–Trinajstić information content (AvgIpc) is 3.25. The van der Waals surface area contributed by atoms with Crippen molar-refractivity contribution in [2.75, 3.05) is 52.4 Å². The Bertz CT molecular complexity index is 1240. The smallest absolute Gasteiger partial charge is 0.409 e. The molecule has 0 spiro atoms. The van der Waals surface area contributed by atoms with E-state index in [0.29, 0.717) is 31.8 Å². The number of ether oxygens (including phenoxy) is 1. The molecule has 2 fully saturated rings. The number of nitrogens with zero attached hydrogens (tertiary/aromatic N) is 3. The highest BCUT2D eigenvalue weighted by molar-refractivity contribution is 7.99. The first-order valence-electron chi connectivity index (χ1n) is 12.5. The molecule has 39 heavy (non-hydrogen) atoms. The molecular formula is C27H29ClFN3O6S. The Labute approximate surface area is 234 Å². The van der Waals surface area contributed by atoms with Crippen molar-refractivity contribution < 1.29 is 33.7 Å². The van der Waals surface area contributed by atoms with E-state index in [-0.39, 0.29) is 18.0 Å². The standard InChI is InChI=1S/C23H25ClFN3O2S.C4H4O4/c24-17-1-3-21-16(13-17)14-20(19-15-18(25)2-4-22(19)31-21)27-8-5-26(6-9-27)7-10-28-11-12-30-23(28)29;5-3(6)1-2-4(7)8/h1-4,13,15,20H,5-12,14H2;1-2H,(H,5,6)(H,7,8)/b;2-1-. The summed E-state index contributed by atoms with van der Waals surface area (Å²) in [5, 5.41) is 16.4. The van der Waals surface area contributed by atoms with E-state index in [2.05, 4.69) is 15.9 Å². The molecule has 0 aromatic heterocycles. The first-order valence-corrected chi connectivity index (χ1v) is 13.7. The number of piperazine rings is 1. The minimum absolute atomic E-state index is 0.119. The van der Waals surface area contributed by atoms with Crippen LogP contribution >= 0.6 is 23.4 Å². The molecule has 2 saturated heterocycles. The van der Waals surface area contributed by atoms with Gasteiger partial charge in [-0.2, -0.15) is 0 Å². The Balaban J connectivity index is 0.000000386. The number of aliphatic carboxylic acids is 2. The number of cyclic esters (lactones) is 1. The van der Waals surface area contributed by atoms with Crippen molar-refractivity contribution in [3.63, 3.8) is 0 Å². The maximum absolute atomic E-state index is 14.2. The molecule has 1 atom stereocenters. The summed E-state index contributed by atoms with van der Waals surface area (Å²) < 4.78 is 19.2. The lowest BCUT2D eigenvalue weighted by atomic mass is 9.96. The van der Waals surface area contributed by atoms with Crippen molar-refractivity contribution in [3.05, 3.63) is 70.5 Å². The molecule has 2 aromatic carbocycles. The lowest BCUT2D eigenvalue weighted by Crippen LogP contribution is -2.49. The number of carbonyl (C=O) groups is 3. The van der Waals surface area contributed by atoms with Crippen LogP contribution in [0.25, 0.3) is 0 Å². The van der Waals surface area contributed by atoms with Crippen LogP contribution in [0.3, 0.4) is 0 Å². The highest BCUT2D eigenvalue weighted by Gasteiger charge is 2.31. The summed E-state index contributed by atoms with van der Waals surface area (Å²) in [4.78, 5) is 39.7. The monoisotopic (exact) mass is 577 g/mol. The summed E-state index contributed by atoms with van der Waals surface area (Å²) in [5.74, 6) is -2.70. The number of benzene rings is 2. The molecule has 0 saturated carbocycles. The van der Waals surface area contributed by atoms with Crippen molar-refractivity contribution in [3.8, 4) is 0 Å². The Hall–Kier alpha value is -3.12. The topological polar surface area (TPSA) is 111 Å². The second-order valence-corrected chi connectivity index (χ2v) is 10.8. The number of rotatable bonds is 6. The Morgan fingerprint density at radius 3 is 2.33 bits per heavy atom. The molecule has 0 bridgehead atoms. The molecule has 2 N–H and O–H groups in total. The zero-order valence-electron chi connectivity index (χ0n) is 21.1. The lowest BCUT2D eigenvalue weighted by Gasteiger charge is -2.40. The number of fused-ring (bicyclic) bond motifs is 2. The fraction of sp³-hybridized carbons (Fsp3) is 0.370. The van der Waals surface area contributed by atoms with Crippen molar-refractivity contribution in [2.45, 2.75) is 22.3 Å². The predicted molar refractivity (Wildman–Crippen MR) is 144 cm³/mol. The van der Waals surface area contributed by atoms with E-state index in [4.69, 9.17) is 26.6 Å². The minimum atomic E-state index is -1.26. The van der Waals surface area contributed by atoms with Gasteiger partial charge in [-0.05, 0) is 53.9 Å². The number of amides is 1. The third-order valence-electron chi connectivity index (χ3n) is 6.73. The average molecular weight is 578 g/mol. The molecule has 9 nitrogen and oxygen atoms in total. The molecule has 3 aliphatic heterocycles. The molecular weight excluding hydrogens is 549 g/mol. The summed E-state index contributed by atoms with van der Waals surface area (Å²) in [5.41, 5.74) is 2.28. The van der Waals surface area contributed by atoms with Gasteiger partial charge in [-0.25, -0.2) is 18.8 Å². The predicted octanol–water partition coefficient (Wildman–Crippen LogP) is 4.01. The summed E-state index contributed by atoms with van der Waals surface area (Å²) in [6, 6.07) is 11.3. The van der Waals surface area contributed by atoms with E-state index in [0.717, 1.165) is 54.6 Å². The first-order chi connectivity index (χ1) is 18.7. The van der Waals surface area contributed by atoms with E-state index in [1.54, 1.807) is 28.8 Å². The van der Waals surface area contributed by atoms with Crippen LogP contribution < -0.4 is 0 Å². The second-order valence-electron chi connectivity index (χ2n) is 9.25. The van der Waals surface area contributed by atoms with E-state index in [9.17, 15) is 18.8 Å². The van der Waals surface area contributed by atoms with Gasteiger partial charge in [0.1, 0.15) is 12.4 Å². The highest BCUT2D eigenvalue weighted by atomic mass is 35.5. The molecule has 1 unspecified atom stereocenters. The lowest BCUT2D eigenvalue weighted by molar-refractivity contribution is -0.134. The zero-order chi connectivity index (χ0) is 27.9. The van der Waals surface area contributed by atoms with Gasteiger partial charge in [0.15, 0.2) is 0 Å².